The summed E-state index contributed by atoms with van der Waals surface area (Å²) < 4.78 is 7.23. The maximum absolute atomic E-state index is 2.55. The van der Waals surface area contributed by atoms with Gasteiger partial charge in [0, 0.05) is 71.3 Å². The summed E-state index contributed by atoms with van der Waals surface area (Å²) in [7, 11) is 0. The zero-order valence-corrected chi connectivity index (χ0v) is 51.5. The number of benzene rings is 15. The van der Waals surface area contributed by atoms with Gasteiger partial charge in [-0.25, -0.2) is 0 Å². The number of nitrogens with zero attached hydrogens (tertiary/aromatic N) is 4. The fourth-order valence-electron chi connectivity index (χ4n) is 15.9. The van der Waals surface area contributed by atoms with Crippen LogP contribution in [-0.4, -0.2) is 13.7 Å². The highest BCUT2D eigenvalue weighted by Crippen LogP contribution is 2.54. The van der Waals surface area contributed by atoms with E-state index in [0.717, 1.165) is 34.1 Å². The van der Waals surface area contributed by atoms with E-state index in [1.807, 2.05) is 0 Å². The van der Waals surface area contributed by atoms with Gasteiger partial charge in [0.15, 0.2) is 0 Å². The van der Waals surface area contributed by atoms with Crippen molar-refractivity contribution in [1.82, 2.24) is 13.7 Å². The largest absolute Gasteiger partial charge is 0.309 e. The van der Waals surface area contributed by atoms with Crippen molar-refractivity contribution in [2.45, 2.75) is 19.3 Å². The molecule has 0 saturated carbocycles. The highest BCUT2D eigenvalue weighted by Gasteiger charge is 2.37. The molecule has 3 aromatic heterocycles. The molecule has 1 aliphatic rings. The molecular weight excluding hydrogens is 1130 g/mol. The minimum Gasteiger partial charge on any atom is -0.309 e. The van der Waals surface area contributed by atoms with E-state index in [2.05, 4.69) is 360 Å². The lowest BCUT2D eigenvalue weighted by molar-refractivity contribution is 0.660. The Morgan fingerprint density at radius 3 is 1.06 bits per heavy atom. The summed E-state index contributed by atoms with van der Waals surface area (Å²) in [5.41, 5.74) is 26.0. The molecule has 0 amide bonds. The van der Waals surface area contributed by atoms with Gasteiger partial charge < -0.3 is 18.6 Å². The van der Waals surface area contributed by atoms with Gasteiger partial charge in [0.2, 0.25) is 0 Å². The molecule has 0 saturated heterocycles. The standard InChI is InChI=1S/C89H60N4/c1-89(2)79-53-58(57-41-49-86-78(52-57)75-34-18-21-37-83(75)90(86)61-22-6-3-7-23-61)38-43-69(79)70-46-42-64(56-80(70)89)93(84-50-47-65(67-28-12-14-30-71(67)84)59-39-44-76-73-32-16-19-35-81(73)91(87(76)54-59)62-24-8-4-9-25-62)85-51-48-66(68-29-13-15-31-72(68)85)60-40-45-77-74-33-17-20-36-82(74)92(88(77)55-60)63-26-10-5-11-27-63/h3-56H,1-2H3. The third-order valence-corrected chi connectivity index (χ3v) is 20.2. The SMILES string of the molecule is CC1(C)c2cc(-c3ccc4c(c3)c3ccccc3n4-c3ccccc3)ccc2-c2ccc(N(c3ccc(-c4ccc5c6ccccc6n(-c6ccccc6)c5c4)c4ccccc34)c3ccc(-c4ccc5c6ccccc6n(-c6ccccc6)c5c4)c4ccccc34)cc21. The number of hydrogen-bond acceptors (Lipinski definition) is 1. The van der Waals surface area contributed by atoms with Crippen molar-refractivity contribution in [3.63, 3.8) is 0 Å². The van der Waals surface area contributed by atoms with Crippen LogP contribution < -0.4 is 4.90 Å². The van der Waals surface area contributed by atoms with Gasteiger partial charge in [-0.05, 0) is 176 Å². The van der Waals surface area contributed by atoms with Crippen molar-refractivity contribution in [2.24, 2.45) is 0 Å². The van der Waals surface area contributed by atoms with E-state index in [9.17, 15) is 0 Å². The molecule has 18 aromatic rings. The second kappa shape index (κ2) is 20.5. The van der Waals surface area contributed by atoms with Crippen molar-refractivity contribution >= 4 is 104 Å². The number of anilines is 3. The minimum absolute atomic E-state index is 0.324. The van der Waals surface area contributed by atoms with Crippen LogP contribution in [-0.2, 0) is 5.41 Å². The zero-order chi connectivity index (χ0) is 61.5. The van der Waals surface area contributed by atoms with Crippen LogP contribution >= 0.6 is 0 Å². The fraction of sp³-hybridized carbons (Fsp3) is 0.0337. The van der Waals surface area contributed by atoms with E-state index >= 15 is 0 Å². The number of hydrogen-bond donors (Lipinski definition) is 0. The molecular formula is C89H60N4. The van der Waals surface area contributed by atoms with Gasteiger partial charge in [0.1, 0.15) is 0 Å². The lowest BCUT2D eigenvalue weighted by Crippen LogP contribution is -2.17. The molecule has 15 aromatic carbocycles. The van der Waals surface area contributed by atoms with Gasteiger partial charge in [0.05, 0.1) is 44.5 Å². The molecule has 19 rings (SSSR count). The van der Waals surface area contributed by atoms with Crippen LogP contribution in [0.4, 0.5) is 17.1 Å². The van der Waals surface area contributed by atoms with Crippen LogP contribution in [0.3, 0.4) is 0 Å². The predicted molar refractivity (Wildman–Crippen MR) is 393 cm³/mol. The van der Waals surface area contributed by atoms with Gasteiger partial charge in [-0.1, -0.05) is 232 Å². The molecule has 1 aliphatic carbocycles. The molecule has 4 heteroatoms. The first-order valence-corrected chi connectivity index (χ1v) is 32.3. The second-order valence-electron chi connectivity index (χ2n) is 25.6. The van der Waals surface area contributed by atoms with Crippen molar-refractivity contribution in [3.05, 3.63) is 339 Å². The molecule has 0 aliphatic heterocycles. The van der Waals surface area contributed by atoms with Gasteiger partial charge >= 0.3 is 0 Å². The van der Waals surface area contributed by atoms with Gasteiger partial charge in [-0.3, -0.25) is 0 Å². The summed E-state index contributed by atoms with van der Waals surface area (Å²) in [6, 6.07) is 122. The van der Waals surface area contributed by atoms with Crippen LogP contribution in [0.25, 0.3) is 149 Å². The first kappa shape index (κ1) is 52.9. The number of aromatic nitrogens is 3. The van der Waals surface area contributed by atoms with Crippen LogP contribution in [0.2, 0.25) is 0 Å². The summed E-state index contributed by atoms with van der Waals surface area (Å²) in [5, 5.41) is 12.2. The number of rotatable bonds is 9. The molecule has 0 atom stereocenters. The van der Waals surface area contributed by atoms with Crippen molar-refractivity contribution in [3.8, 4) is 61.6 Å². The Bertz CT molecular complexity index is 5840. The van der Waals surface area contributed by atoms with E-state index in [4.69, 9.17) is 0 Å². The van der Waals surface area contributed by atoms with E-state index in [1.54, 1.807) is 0 Å². The smallest absolute Gasteiger partial charge is 0.0547 e. The van der Waals surface area contributed by atoms with Crippen LogP contribution in [0.5, 0.6) is 0 Å². The van der Waals surface area contributed by atoms with Crippen LogP contribution in [0.15, 0.2) is 328 Å². The molecule has 93 heavy (non-hydrogen) atoms. The van der Waals surface area contributed by atoms with Crippen LogP contribution in [0.1, 0.15) is 25.0 Å². The Morgan fingerprint density at radius 1 is 0.226 bits per heavy atom. The second-order valence-corrected chi connectivity index (χ2v) is 25.6. The van der Waals surface area contributed by atoms with Gasteiger partial charge in [-0.15, -0.1) is 0 Å². The number of fused-ring (bicyclic) bond motifs is 14. The first-order chi connectivity index (χ1) is 45.9. The number of para-hydroxylation sites is 6. The average molecular weight is 1190 g/mol. The molecule has 0 unspecified atom stereocenters. The summed E-state index contributed by atoms with van der Waals surface area (Å²) in [5.74, 6) is 0. The van der Waals surface area contributed by atoms with E-state index < -0.39 is 0 Å². The summed E-state index contributed by atoms with van der Waals surface area (Å²) >= 11 is 0. The summed E-state index contributed by atoms with van der Waals surface area (Å²) in [6.07, 6.45) is 0. The summed E-state index contributed by atoms with van der Waals surface area (Å²) in [4.78, 5) is 2.55. The topological polar surface area (TPSA) is 18.0 Å². The van der Waals surface area contributed by atoms with E-state index in [1.165, 1.54) is 143 Å². The van der Waals surface area contributed by atoms with Gasteiger partial charge in [-0.2, -0.15) is 0 Å². The average Bonchev–Trinajstić information content (AvgIpc) is 1.69. The van der Waals surface area contributed by atoms with E-state index in [0.29, 0.717) is 0 Å². The Kier molecular flexibility index (Phi) is 11.7. The lowest BCUT2D eigenvalue weighted by Gasteiger charge is -2.31. The van der Waals surface area contributed by atoms with Crippen molar-refractivity contribution in [2.75, 3.05) is 4.90 Å². The van der Waals surface area contributed by atoms with Crippen molar-refractivity contribution in [1.29, 1.82) is 0 Å². The Morgan fingerprint density at radius 2 is 0.570 bits per heavy atom. The van der Waals surface area contributed by atoms with Gasteiger partial charge in [0.25, 0.3) is 0 Å². The Hall–Kier alpha value is -12.0. The Labute approximate surface area is 539 Å². The normalized spacial score (nSPS) is 12.7. The molecule has 0 radical (unpaired) electrons. The monoisotopic (exact) mass is 1180 g/mol. The molecule has 4 nitrogen and oxygen atoms in total. The molecule has 0 N–H and O–H groups in total. The molecule has 0 spiro atoms. The maximum atomic E-state index is 2.55. The van der Waals surface area contributed by atoms with E-state index in [-0.39, 0.29) is 5.41 Å². The molecule has 3 heterocycles. The fourth-order valence-corrected chi connectivity index (χ4v) is 15.9. The third-order valence-electron chi connectivity index (χ3n) is 20.2. The van der Waals surface area contributed by atoms with Crippen molar-refractivity contribution < 1.29 is 0 Å². The zero-order valence-electron chi connectivity index (χ0n) is 51.5. The molecule has 0 fully saturated rings. The first-order valence-electron chi connectivity index (χ1n) is 32.3. The quantitative estimate of drug-likeness (QED) is 0.141. The summed E-state index contributed by atoms with van der Waals surface area (Å²) in [6.45, 7) is 4.84. The maximum Gasteiger partial charge on any atom is 0.0547 e. The highest BCUT2D eigenvalue weighted by molar-refractivity contribution is 6.16. The Balaban J connectivity index is 0.782. The molecule has 0 bridgehead atoms. The highest BCUT2D eigenvalue weighted by atomic mass is 15.1. The minimum atomic E-state index is -0.324. The molecule has 436 valence electrons. The third kappa shape index (κ3) is 8.05. The van der Waals surface area contributed by atoms with Crippen LogP contribution in [0, 0.1) is 0 Å². The predicted octanol–water partition coefficient (Wildman–Crippen LogP) is 24.1. The lowest BCUT2D eigenvalue weighted by atomic mass is 9.81.